The molecule has 0 saturated heterocycles. The van der Waals surface area contributed by atoms with Crippen molar-refractivity contribution in [2.24, 2.45) is 0 Å². The lowest BCUT2D eigenvalue weighted by molar-refractivity contribution is -0.142. The molecule has 0 atom stereocenters. The molecule has 98 valence electrons. The van der Waals surface area contributed by atoms with E-state index in [4.69, 9.17) is 5.26 Å². The highest BCUT2D eigenvalue weighted by Gasteiger charge is 2.40. The van der Waals surface area contributed by atoms with Crippen molar-refractivity contribution in [1.82, 2.24) is 0 Å². The number of hydrogen-bond donors (Lipinski definition) is 0. The number of ether oxygens (including phenoxy) is 1. The molecule has 0 unspecified atom stereocenters. The molecule has 18 heavy (non-hydrogen) atoms. The highest BCUT2D eigenvalue weighted by Crippen LogP contribution is 2.41. The van der Waals surface area contributed by atoms with Crippen LogP contribution < -0.4 is 4.74 Å². The van der Waals surface area contributed by atoms with E-state index in [-0.39, 0.29) is 12.1 Å². The number of hydrogen-bond acceptors (Lipinski definition) is 2. The summed E-state index contributed by atoms with van der Waals surface area (Å²) in [5, 5.41) is 8.48. The summed E-state index contributed by atoms with van der Waals surface area (Å²) in [4.78, 5) is 0. The first-order valence-corrected chi connectivity index (χ1v) is 4.37. The zero-order valence-corrected chi connectivity index (χ0v) is 8.78. The predicted octanol–water partition coefficient (Wildman–Crippen LogP) is 3.60. The maximum atomic E-state index is 12.5. The number of alkyl halides is 6. The Balaban J connectivity index is 3.59. The minimum absolute atomic E-state index is 0.127. The summed E-state index contributed by atoms with van der Waals surface area (Å²) in [6.07, 6.45) is -9.83. The lowest BCUT2D eigenvalue weighted by Gasteiger charge is -2.16. The summed E-state index contributed by atoms with van der Waals surface area (Å²) in [6, 6.07) is 1.39. The molecular weight excluding hydrogens is 264 g/mol. The molecule has 0 radical (unpaired) electrons. The van der Waals surface area contributed by atoms with Crippen LogP contribution in [0.4, 0.5) is 26.3 Å². The molecule has 0 spiro atoms. The van der Waals surface area contributed by atoms with Crippen LogP contribution in [-0.2, 0) is 12.4 Å². The second kappa shape index (κ2) is 4.40. The van der Waals surface area contributed by atoms with Crippen molar-refractivity contribution in [3.63, 3.8) is 0 Å². The molecule has 8 heteroatoms. The van der Waals surface area contributed by atoms with Crippen LogP contribution in [0.3, 0.4) is 0 Å². The van der Waals surface area contributed by atoms with Gasteiger partial charge in [0.2, 0.25) is 0 Å². The van der Waals surface area contributed by atoms with Crippen LogP contribution >= 0.6 is 0 Å². The van der Waals surface area contributed by atoms with Crippen molar-refractivity contribution >= 4 is 0 Å². The van der Waals surface area contributed by atoms with Crippen LogP contribution in [0.15, 0.2) is 12.1 Å². The summed E-state index contributed by atoms with van der Waals surface area (Å²) in [7, 11) is 0.816. The highest BCUT2D eigenvalue weighted by molar-refractivity contribution is 5.50. The van der Waals surface area contributed by atoms with E-state index in [0.29, 0.717) is 0 Å². The van der Waals surface area contributed by atoms with Crippen molar-refractivity contribution in [1.29, 1.82) is 5.26 Å². The molecule has 0 amide bonds. The molecular formula is C10H5F6NO. The fourth-order valence-electron chi connectivity index (χ4n) is 1.30. The van der Waals surface area contributed by atoms with Crippen LogP contribution in [0.1, 0.15) is 16.7 Å². The largest absolute Gasteiger partial charge is 0.496 e. The summed E-state index contributed by atoms with van der Waals surface area (Å²) >= 11 is 0. The number of benzene rings is 1. The standard InChI is InChI=1S/C10H5F6NO/c1-18-8-3-6(9(11,12)13)5(4-17)2-7(8)10(14,15)16/h2-3H,1H3. The lowest BCUT2D eigenvalue weighted by Crippen LogP contribution is -2.13. The number of rotatable bonds is 1. The Morgan fingerprint density at radius 2 is 1.50 bits per heavy atom. The zero-order chi connectivity index (χ0) is 14.1. The van der Waals surface area contributed by atoms with Gasteiger partial charge in [-0.15, -0.1) is 0 Å². The Labute approximate surface area is 97.4 Å². The van der Waals surface area contributed by atoms with E-state index >= 15 is 0 Å². The molecule has 0 aromatic heterocycles. The molecule has 0 aliphatic carbocycles. The highest BCUT2D eigenvalue weighted by atomic mass is 19.4. The normalized spacial score (nSPS) is 12.1. The molecule has 0 saturated carbocycles. The van der Waals surface area contributed by atoms with Gasteiger partial charge in [-0.05, 0) is 12.1 Å². The van der Waals surface area contributed by atoms with Gasteiger partial charge in [0.05, 0.1) is 29.9 Å². The van der Waals surface area contributed by atoms with E-state index < -0.39 is 34.8 Å². The first-order valence-electron chi connectivity index (χ1n) is 4.37. The van der Waals surface area contributed by atoms with E-state index in [2.05, 4.69) is 4.74 Å². The Kier molecular flexibility index (Phi) is 3.46. The molecule has 0 aliphatic heterocycles. The van der Waals surface area contributed by atoms with E-state index in [0.717, 1.165) is 13.2 Å². The van der Waals surface area contributed by atoms with Crippen molar-refractivity contribution in [3.05, 3.63) is 28.8 Å². The average Bonchev–Trinajstić information content (AvgIpc) is 2.24. The molecule has 0 N–H and O–H groups in total. The van der Waals surface area contributed by atoms with Crippen LogP contribution in [0.25, 0.3) is 0 Å². The van der Waals surface area contributed by atoms with Gasteiger partial charge < -0.3 is 4.74 Å². The summed E-state index contributed by atoms with van der Waals surface area (Å²) in [5.41, 5.74) is -3.99. The molecule has 0 fully saturated rings. The number of nitrogens with zero attached hydrogens (tertiary/aromatic N) is 1. The molecule has 1 aromatic carbocycles. The van der Waals surface area contributed by atoms with Crippen molar-refractivity contribution in [2.45, 2.75) is 12.4 Å². The van der Waals surface area contributed by atoms with Crippen molar-refractivity contribution in [3.8, 4) is 11.8 Å². The Morgan fingerprint density at radius 1 is 1.00 bits per heavy atom. The number of methoxy groups -OCH3 is 1. The van der Waals surface area contributed by atoms with Crippen molar-refractivity contribution < 1.29 is 31.1 Å². The van der Waals surface area contributed by atoms with Gasteiger partial charge in [0.1, 0.15) is 5.75 Å². The third-order valence-electron chi connectivity index (χ3n) is 2.07. The van der Waals surface area contributed by atoms with Crippen LogP contribution in [0.5, 0.6) is 5.75 Å². The van der Waals surface area contributed by atoms with Gasteiger partial charge >= 0.3 is 12.4 Å². The van der Waals surface area contributed by atoms with Gasteiger partial charge in [-0.1, -0.05) is 0 Å². The third kappa shape index (κ3) is 2.67. The van der Waals surface area contributed by atoms with E-state index in [1.165, 1.54) is 0 Å². The number of nitriles is 1. The SMILES string of the molecule is COc1cc(C(F)(F)F)c(C#N)cc1C(F)(F)F. The molecule has 2 nitrogen and oxygen atoms in total. The molecule has 0 heterocycles. The average molecular weight is 269 g/mol. The lowest BCUT2D eigenvalue weighted by atomic mass is 10.0. The smallest absolute Gasteiger partial charge is 0.420 e. The monoisotopic (exact) mass is 269 g/mol. The maximum Gasteiger partial charge on any atom is 0.420 e. The Morgan fingerprint density at radius 3 is 1.83 bits per heavy atom. The first-order chi connectivity index (χ1) is 8.11. The minimum Gasteiger partial charge on any atom is -0.496 e. The van der Waals surface area contributed by atoms with Crippen molar-refractivity contribution in [2.75, 3.05) is 7.11 Å². The van der Waals surface area contributed by atoms with Gasteiger partial charge in [-0.2, -0.15) is 31.6 Å². The van der Waals surface area contributed by atoms with Crippen LogP contribution in [0, 0.1) is 11.3 Å². The minimum atomic E-state index is -4.93. The van der Waals surface area contributed by atoms with Gasteiger partial charge in [-0.25, -0.2) is 0 Å². The predicted molar refractivity (Wildman–Crippen MR) is 47.7 cm³/mol. The molecule has 1 rings (SSSR count). The summed E-state index contributed by atoms with van der Waals surface area (Å²) < 4.78 is 79.3. The topological polar surface area (TPSA) is 33.0 Å². The maximum absolute atomic E-state index is 12.5. The van der Waals surface area contributed by atoms with Gasteiger partial charge in [-0.3, -0.25) is 0 Å². The molecule has 0 aliphatic rings. The fourth-order valence-corrected chi connectivity index (χ4v) is 1.30. The Bertz CT molecular complexity index is 497. The van der Waals surface area contributed by atoms with Crippen LogP contribution in [-0.4, -0.2) is 7.11 Å². The summed E-state index contributed by atoms with van der Waals surface area (Å²) in [5.74, 6) is -0.978. The number of halogens is 6. The third-order valence-corrected chi connectivity index (χ3v) is 2.07. The summed E-state index contributed by atoms with van der Waals surface area (Å²) in [6.45, 7) is 0. The van der Waals surface area contributed by atoms with Gasteiger partial charge in [0.15, 0.2) is 0 Å². The van der Waals surface area contributed by atoms with Gasteiger partial charge in [0, 0.05) is 0 Å². The van der Waals surface area contributed by atoms with Gasteiger partial charge in [0.25, 0.3) is 0 Å². The van der Waals surface area contributed by atoms with E-state index in [1.807, 2.05) is 0 Å². The second-order valence-electron chi connectivity index (χ2n) is 3.21. The van der Waals surface area contributed by atoms with E-state index in [9.17, 15) is 26.3 Å². The first kappa shape index (κ1) is 14.2. The van der Waals surface area contributed by atoms with E-state index in [1.54, 1.807) is 0 Å². The molecule has 1 aromatic rings. The quantitative estimate of drug-likeness (QED) is 0.730. The zero-order valence-electron chi connectivity index (χ0n) is 8.78. The molecule has 0 bridgehead atoms. The second-order valence-corrected chi connectivity index (χ2v) is 3.21. The Hall–Kier alpha value is -1.91. The van der Waals surface area contributed by atoms with Crippen LogP contribution in [0.2, 0.25) is 0 Å². The fraction of sp³-hybridized carbons (Fsp3) is 0.300.